The number of nitrogens with one attached hydrogen (secondary N) is 1. The molecule has 1 aliphatic heterocycles. The van der Waals surface area contributed by atoms with Crippen LogP contribution in [0.25, 0.3) is 5.52 Å². The molecule has 4 aromatic rings. The van der Waals surface area contributed by atoms with Crippen molar-refractivity contribution in [2.45, 2.75) is 31.8 Å². The highest BCUT2D eigenvalue weighted by Gasteiger charge is 2.24. The number of benzene rings is 1. The van der Waals surface area contributed by atoms with Crippen LogP contribution in [0.2, 0.25) is 0 Å². The van der Waals surface area contributed by atoms with Crippen LogP contribution in [0.3, 0.4) is 0 Å². The number of piperidine rings is 1. The summed E-state index contributed by atoms with van der Waals surface area (Å²) < 4.78 is 16.7. The van der Waals surface area contributed by atoms with Crippen molar-refractivity contribution in [3.05, 3.63) is 82.8 Å². The zero-order chi connectivity index (χ0) is 21.9. The Bertz CT molecular complexity index is 1280. The average molecular weight is 433 g/mol. The van der Waals surface area contributed by atoms with Gasteiger partial charge in [0.25, 0.3) is 5.56 Å². The van der Waals surface area contributed by atoms with Crippen LogP contribution in [-0.4, -0.2) is 43.5 Å². The molecule has 1 saturated heterocycles. The zero-order valence-electron chi connectivity index (χ0n) is 17.6. The van der Waals surface area contributed by atoms with Crippen LogP contribution in [0, 0.1) is 5.82 Å². The zero-order valence-corrected chi connectivity index (χ0v) is 17.6. The van der Waals surface area contributed by atoms with Gasteiger partial charge in [0.05, 0.1) is 12.7 Å². The molecular formula is C23H24FN7O. The van der Waals surface area contributed by atoms with Gasteiger partial charge >= 0.3 is 0 Å². The number of aromatic nitrogens is 5. The Hall–Kier alpha value is -3.75. The van der Waals surface area contributed by atoms with Gasteiger partial charge in [-0.2, -0.15) is 10.2 Å². The molecule has 32 heavy (non-hydrogen) atoms. The minimum Gasteiger partial charge on any atom is -0.366 e. The molecule has 1 aromatic carbocycles. The van der Waals surface area contributed by atoms with Gasteiger partial charge in [0.1, 0.15) is 17.2 Å². The Morgan fingerprint density at radius 2 is 2.06 bits per heavy atom. The molecule has 1 unspecified atom stereocenters. The first-order valence-electron chi connectivity index (χ1n) is 10.8. The van der Waals surface area contributed by atoms with Gasteiger partial charge < -0.3 is 10.2 Å². The summed E-state index contributed by atoms with van der Waals surface area (Å²) >= 11 is 0. The van der Waals surface area contributed by atoms with E-state index in [0.717, 1.165) is 43.0 Å². The Morgan fingerprint density at radius 3 is 2.97 bits per heavy atom. The van der Waals surface area contributed by atoms with Gasteiger partial charge in [0.2, 0.25) is 0 Å². The van der Waals surface area contributed by atoms with E-state index >= 15 is 0 Å². The van der Waals surface area contributed by atoms with Gasteiger partial charge in [-0.15, -0.1) is 0 Å². The third-order valence-corrected chi connectivity index (χ3v) is 5.82. The summed E-state index contributed by atoms with van der Waals surface area (Å²) in [6, 6.07) is 11.7. The summed E-state index contributed by atoms with van der Waals surface area (Å²) in [5.41, 5.74) is 1.42. The second-order valence-corrected chi connectivity index (χ2v) is 7.98. The molecular weight excluding hydrogens is 409 g/mol. The lowest BCUT2D eigenvalue weighted by molar-refractivity contribution is 0.463. The van der Waals surface area contributed by atoms with Crippen LogP contribution in [-0.2, 0) is 6.54 Å². The van der Waals surface area contributed by atoms with E-state index in [2.05, 4.69) is 25.4 Å². The molecule has 164 valence electrons. The maximum absolute atomic E-state index is 13.6. The molecule has 0 radical (unpaired) electrons. The normalized spacial score (nSPS) is 16.4. The molecule has 9 heteroatoms. The van der Waals surface area contributed by atoms with Gasteiger partial charge in [0.15, 0.2) is 5.82 Å². The number of hydrogen-bond donors (Lipinski definition) is 1. The molecule has 8 nitrogen and oxygen atoms in total. The minimum absolute atomic E-state index is 0.207. The lowest BCUT2D eigenvalue weighted by atomic mass is 10.0. The Morgan fingerprint density at radius 1 is 1.12 bits per heavy atom. The van der Waals surface area contributed by atoms with E-state index in [1.807, 2.05) is 12.3 Å². The third-order valence-electron chi connectivity index (χ3n) is 5.82. The van der Waals surface area contributed by atoms with Crippen molar-refractivity contribution in [3.8, 4) is 0 Å². The summed E-state index contributed by atoms with van der Waals surface area (Å²) in [5, 5.41) is 12.3. The van der Waals surface area contributed by atoms with Gasteiger partial charge in [-0.1, -0.05) is 12.1 Å². The van der Waals surface area contributed by atoms with Crippen molar-refractivity contribution < 1.29 is 4.39 Å². The molecule has 1 aliphatic rings. The fourth-order valence-electron chi connectivity index (χ4n) is 4.24. The van der Waals surface area contributed by atoms with Gasteiger partial charge in [-0.3, -0.25) is 4.79 Å². The summed E-state index contributed by atoms with van der Waals surface area (Å²) in [6.07, 6.45) is 8.51. The van der Waals surface area contributed by atoms with Crippen molar-refractivity contribution in [3.63, 3.8) is 0 Å². The fraction of sp³-hybridized carbons (Fsp3) is 0.304. The highest BCUT2D eigenvalue weighted by Crippen LogP contribution is 2.23. The molecule has 1 atom stereocenters. The van der Waals surface area contributed by atoms with Crippen LogP contribution < -0.4 is 15.8 Å². The smallest absolute Gasteiger partial charge is 0.267 e. The summed E-state index contributed by atoms with van der Waals surface area (Å²) in [6.45, 7) is 1.79. The lowest BCUT2D eigenvalue weighted by Gasteiger charge is -2.37. The minimum atomic E-state index is -0.323. The van der Waals surface area contributed by atoms with E-state index in [1.165, 1.54) is 22.9 Å². The van der Waals surface area contributed by atoms with Gasteiger partial charge in [0, 0.05) is 37.6 Å². The first-order valence-corrected chi connectivity index (χ1v) is 10.8. The van der Waals surface area contributed by atoms with Crippen LogP contribution in [0.1, 0.15) is 24.8 Å². The quantitative estimate of drug-likeness (QED) is 0.504. The summed E-state index contributed by atoms with van der Waals surface area (Å²) in [7, 11) is 0. The van der Waals surface area contributed by atoms with Crippen LogP contribution in [0.4, 0.5) is 16.0 Å². The number of halogens is 1. The van der Waals surface area contributed by atoms with Crippen LogP contribution in [0.15, 0.2) is 65.8 Å². The van der Waals surface area contributed by atoms with Gasteiger partial charge in [-0.05, 0) is 49.1 Å². The van der Waals surface area contributed by atoms with E-state index in [0.29, 0.717) is 12.1 Å². The molecule has 0 spiro atoms. The molecule has 5 rings (SSSR count). The topological polar surface area (TPSA) is 80.3 Å². The van der Waals surface area contributed by atoms with Crippen molar-refractivity contribution >= 4 is 17.2 Å². The Balaban J connectivity index is 1.36. The number of fused-ring (bicyclic) bond motifs is 1. The number of nitrogens with zero attached hydrogens (tertiary/aromatic N) is 6. The maximum Gasteiger partial charge on any atom is 0.267 e. The first-order chi connectivity index (χ1) is 15.7. The van der Waals surface area contributed by atoms with Crippen molar-refractivity contribution in [1.29, 1.82) is 0 Å². The van der Waals surface area contributed by atoms with Gasteiger partial charge in [-0.25, -0.2) is 18.6 Å². The third kappa shape index (κ3) is 4.18. The maximum atomic E-state index is 13.6. The number of hydrogen-bond acceptors (Lipinski definition) is 6. The van der Waals surface area contributed by atoms with Crippen LogP contribution in [0.5, 0.6) is 0 Å². The molecule has 4 heterocycles. The molecule has 3 aromatic heterocycles. The molecule has 0 aliphatic carbocycles. The van der Waals surface area contributed by atoms with E-state index in [-0.39, 0.29) is 24.0 Å². The first kappa shape index (κ1) is 20.2. The summed E-state index contributed by atoms with van der Waals surface area (Å²) in [5.74, 6) is 1.22. The van der Waals surface area contributed by atoms with E-state index in [1.54, 1.807) is 35.1 Å². The molecule has 1 fully saturated rings. The Kier molecular flexibility index (Phi) is 5.53. The van der Waals surface area contributed by atoms with Crippen molar-refractivity contribution in [1.82, 2.24) is 24.4 Å². The molecule has 1 N–H and O–H groups in total. The van der Waals surface area contributed by atoms with E-state index in [4.69, 9.17) is 0 Å². The monoisotopic (exact) mass is 433 g/mol. The average Bonchev–Trinajstić information content (AvgIpc) is 3.29. The molecule has 0 amide bonds. The second kappa shape index (κ2) is 8.78. The number of rotatable bonds is 6. The molecule has 0 saturated carbocycles. The molecule has 0 bridgehead atoms. The Labute approximate surface area is 184 Å². The lowest BCUT2D eigenvalue weighted by Crippen LogP contribution is -2.45. The SMILES string of the molecule is O=c1ccc(N2CCCCC2CNc2nccn3nccc23)nn1Cc1cccc(F)c1. The highest BCUT2D eigenvalue weighted by molar-refractivity contribution is 5.66. The van der Waals surface area contributed by atoms with E-state index < -0.39 is 0 Å². The predicted molar refractivity (Wildman–Crippen MR) is 120 cm³/mol. The standard InChI is InChI=1S/C23H24FN7O/c24-18-5-3-4-17(14-18)16-31-22(32)8-7-21(28-31)29-12-2-1-6-19(29)15-26-23-20-9-10-27-30(20)13-11-25-23/h3-5,7-11,13-14,19H,1-2,6,12,15-16H2,(H,25,26). The number of anilines is 2. The predicted octanol–water partition coefficient (Wildman–Crippen LogP) is 2.94. The van der Waals surface area contributed by atoms with E-state index in [9.17, 15) is 9.18 Å². The largest absolute Gasteiger partial charge is 0.366 e. The van der Waals surface area contributed by atoms with Crippen molar-refractivity contribution in [2.24, 2.45) is 0 Å². The van der Waals surface area contributed by atoms with Crippen molar-refractivity contribution in [2.75, 3.05) is 23.3 Å². The van der Waals surface area contributed by atoms with Crippen LogP contribution >= 0.6 is 0 Å². The summed E-state index contributed by atoms with van der Waals surface area (Å²) in [4.78, 5) is 19.1. The fourth-order valence-corrected chi connectivity index (χ4v) is 4.24. The highest BCUT2D eigenvalue weighted by atomic mass is 19.1. The second-order valence-electron chi connectivity index (χ2n) is 7.98.